The van der Waals surface area contributed by atoms with E-state index in [1.807, 2.05) is 17.1 Å². The second-order valence-corrected chi connectivity index (χ2v) is 8.58. The van der Waals surface area contributed by atoms with E-state index in [0.29, 0.717) is 5.56 Å². The van der Waals surface area contributed by atoms with Crippen molar-refractivity contribution in [2.45, 2.75) is 18.8 Å². The summed E-state index contributed by atoms with van der Waals surface area (Å²) >= 11 is 12.7. The molecule has 0 spiro atoms. The van der Waals surface area contributed by atoms with Crippen LogP contribution >= 0.6 is 23.2 Å². The number of H-pyrrole nitrogens is 2. The largest absolute Gasteiger partial charge is 0.434 e. The normalized spacial score (nSPS) is 13.1. The molecule has 2 aromatic carbocycles. The molecule has 172 valence electrons. The number of rotatable bonds is 4. The molecule has 1 aliphatic carbocycles. The average molecular weight is 499 g/mol. The van der Waals surface area contributed by atoms with Gasteiger partial charge in [0.15, 0.2) is 5.75 Å². The molecule has 0 unspecified atom stereocenters. The number of aromatic nitrogens is 5. The van der Waals surface area contributed by atoms with Gasteiger partial charge in [-0.05, 0) is 42.0 Å². The molecule has 1 aliphatic rings. The molecule has 34 heavy (non-hydrogen) atoms. The lowest BCUT2D eigenvalue weighted by atomic mass is 9.98. The Morgan fingerprint density at radius 2 is 1.65 bits per heavy atom. The molecule has 0 atom stereocenters. The maximum atomic E-state index is 12.5. The minimum Gasteiger partial charge on any atom is -0.434 e. The molecular weight excluding hydrogens is 483 g/mol. The first-order chi connectivity index (χ1) is 16.3. The fourth-order valence-corrected chi connectivity index (χ4v) is 4.55. The Hall–Kier alpha value is -3.89. The van der Waals surface area contributed by atoms with E-state index >= 15 is 0 Å². The van der Waals surface area contributed by atoms with Gasteiger partial charge in [0.05, 0.1) is 15.7 Å². The summed E-state index contributed by atoms with van der Waals surface area (Å²) in [7, 11) is 0. The lowest BCUT2D eigenvalue weighted by Gasteiger charge is -2.13. The highest BCUT2D eigenvalue weighted by atomic mass is 35.5. The van der Waals surface area contributed by atoms with Gasteiger partial charge in [0.1, 0.15) is 0 Å². The molecule has 0 aliphatic heterocycles. The lowest BCUT2D eigenvalue weighted by Crippen LogP contribution is -2.33. The molecule has 0 radical (unpaired) electrons. The monoisotopic (exact) mass is 498 g/mol. The van der Waals surface area contributed by atoms with E-state index in [0.717, 1.165) is 17.5 Å². The number of nitrogens with two attached hydrogens (primary N) is 1. The molecule has 0 saturated heterocycles. The molecule has 0 saturated carbocycles. The number of hydrogen-bond donors (Lipinski definition) is 3. The Kier molecular flexibility index (Phi) is 5.46. The number of hydrogen-bond acceptors (Lipinski definition) is 7. The number of nitrogen functional groups attached to an aromatic ring is 1. The number of benzene rings is 2. The zero-order valence-electron chi connectivity index (χ0n) is 17.3. The van der Waals surface area contributed by atoms with Crippen LogP contribution in [0.1, 0.15) is 22.6 Å². The maximum absolute atomic E-state index is 12.5. The minimum absolute atomic E-state index is 0.0107. The summed E-state index contributed by atoms with van der Waals surface area (Å²) in [4.78, 5) is 38.1. The molecule has 2 aromatic heterocycles. The highest BCUT2D eigenvalue weighted by Gasteiger charge is 2.25. The highest BCUT2D eigenvalue weighted by Crippen LogP contribution is 2.38. The summed E-state index contributed by atoms with van der Waals surface area (Å²) in [6.45, 7) is 0. The van der Waals surface area contributed by atoms with Crippen LogP contribution in [0.5, 0.6) is 11.6 Å². The van der Waals surface area contributed by atoms with Crippen molar-refractivity contribution in [3.63, 3.8) is 0 Å². The van der Waals surface area contributed by atoms with Crippen molar-refractivity contribution in [1.29, 1.82) is 0 Å². The second kappa shape index (κ2) is 8.47. The number of aromatic amines is 2. The van der Waals surface area contributed by atoms with Gasteiger partial charge < -0.3 is 10.5 Å². The Morgan fingerprint density at radius 3 is 2.29 bits per heavy atom. The number of fused-ring (bicyclic) bond motifs is 1. The van der Waals surface area contributed by atoms with Crippen LogP contribution in [-0.2, 0) is 12.8 Å². The fraction of sp³-hybridized carbons (Fsp3) is 0.136. The molecule has 2 heterocycles. The minimum atomic E-state index is -0.815. The van der Waals surface area contributed by atoms with E-state index in [-0.39, 0.29) is 38.8 Å². The van der Waals surface area contributed by atoms with Crippen LogP contribution in [-0.4, -0.2) is 25.0 Å². The molecule has 4 aromatic rings. The van der Waals surface area contributed by atoms with Gasteiger partial charge in [0, 0.05) is 11.6 Å². The van der Waals surface area contributed by atoms with E-state index in [9.17, 15) is 14.4 Å². The first-order valence-electron chi connectivity index (χ1n) is 10.1. The van der Waals surface area contributed by atoms with Crippen LogP contribution < -0.4 is 27.3 Å². The van der Waals surface area contributed by atoms with Gasteiger partial charge in [-0.3, -0.25) is 14.6 Å². The smallest absolute Gasteiger partial charge is 0.349 e. The Labute approximate surface area is 200 Å². The van der Waals surface area contributed by atoms with E-state index in [1.165, 1.54) is 23.3 Å². The SMILES string of the molecule is Nc1nn(-c2cc(Cl)c(Oc3cc(C4Cc5ccccc5C4)c(=O)[nH]n3)c(Cl)c2)c(=O)[nH]c1=O. The van der Waals surface area contributed by atoms with Crippen LogP contribution in [0.2, 0.25) is 10.0 Å². The third-order valence-corrected chi connectivity index (χ3v) is 6.15. The number of halogens is 2. The number of ether oxygens (including phenoxy) is 1. The van der Waals surface area contributed by atoms with Crippen molar-refractivity contribution >= 4 is 29.0 Å². The molecular formula is C22H16Cl2N6O4. The standard InChI is InChI=1S/C22H16Cl2N6O4/c23-15-7-13(30-22(33)26-21(32)19(25)29-30)8-16(24)18(15)34-17-9-14(20(31)28-27-17)12-5-10-3-1-2-4-11(10)6-12/h1-4,7-9,12H,5-6H2,(H2,25,29)(H,28,31)(H,26,32,33). The third-order valence-electron chi connectivity index (χ3n) is 5.59. The molecule has 0 bridgehead atoms. The van der Waals surface area contributed by atoms with E-state index < -0.39 is 17.1 Å². The molecule has 0 amide bonds. The second-order valence-electron chi connectivity index (χ2n) is 7.76. The summed E-state index contributed by atoms with van der Waals surface area (Å²) in [5, 5.41) is 10.3. The predicted octanol–water partition coefficient (Wildman–Crippen LogP) is 2.57. The Morgan fingerprint density at radius 1 is 1.00 bits per heavy atom. The van der Waals surface area contributed by atoms with Crippen LogP contribution in [0.4, 0.5) is 5.82 Å². The first kappa shape index (κ1) is 21.9. The van der Waals surface area contributed by atoms with Crippen molar-refractivity contribution in [3.05, 3.63) is 100 Å². The van der Waals surface area contributed by atoms with Crippen LogP contribution in [0.15, 0.2) is 56.8 Å². The zero-order valence-corrected chi connectivity index (χ0v) is 18.9. The van der Waals surface area contributed by atoms with Crippen molar-refractivity contribution < 1.29 is 4.74 Å². The molecule has 0 fully saturated rings. The van der Waals surface area contributed by atoms with Crippen molar-refractivity contribution in [3.8, 4) is 17.3 Å². The number of anilines is 1. The van der Waals surface area contributed by atoms with Gasteiger partial charge in [-0.15, -0.1) is 10.2 Å². The first-order valence-corrected chi connectivity index (χ1v) is 10.9. The van der Waals surface area contributed by atoms with Gasteiger partial charge in [-0.1, -0.05) is 47.5 Å². The average Bonchev–Trinajstić information content (AvgIpc) is 3.23. The van der Waals surface area contributed by atoms with Crippen molar-refractivity contribution in [1.82, 2.24) is 25.0 Å². The lowest BCUT2D eigenvalue weighted by molar-refractivity contribution is 0.452. The van der Waals surface area contributed by atoms with Gasteiger partial charge in [-0.25, -0.2) is 9.89 Å². The van der Waals surface area contributed by atoms with Gasteiger partial charge in [0.25, 0.3) is 11.1 Å². The van der Waals surface area contributed by atoms with Crippen molar-refractivity contribution in [2.75, 3.05) is 5.73 Å². The Bertz CT molecular complexity index is 1560. The van der Waals surface area contributed by atoms with E-state index in [1.54, 1.807) is 6.07 Å². The summed E-state index contributed by atoms with van der Waals surface area (Å²) in [5.74, 6) is -0.238. The third kappa shape index (κ3) is 3.97. The molecule has 5 rings (SSSR count). The molecule has 4 N–H and O–H groups in total. The van der Waals surface area contributed by atoms with Gasteiger partial charge >= 0.3 is 5.69 Å². The summed E-state index contributed by atoms with van der Waals surface area (Å²) in [6, 6.07) is 12.4. The summed E-state index contributed by atoms with van der Waals surface area (Å²) in [5.41, 5.74) is 6.71. The maximum Gasteiger partial charge on any atom is 0.349 e. The zero-order chi connectivity index (χ0) is 24.0. The van der Waals surface area contributed by atoms with Gasteiger partial charge in [-0.2, -0.15) is 4.68 Å². The number of nitrogens with zero attached hydrogens (tertiary/aromatic N) is 3. The Balaban J connectivity index is 1.46. The van der Waals surface area contributed by atoms with Crippen LogP contribution in [0.25, 0.3) is 5.69 Å². The molecule has 10 nitrogen and oxygen atoms in total. The van der Waals surface area contributed by atoms with Crippen molar-refractivity contribution in [2.24, 2.45) is 0 Å². The molecule has 12 heteroatoms. The van der Waals surface area contributed by atoms with Gasteiger partial charge in [0.2, 0.25) is 11.7 Å². The number of nitrogens with one attached hydrogen (secondary N) is 2. The van der Waals surface area contributed by atoms with E-state index in [2.05, 4.69) is 27.4 Å². The topological polar surface area (TPSA) is 149 Å². The van der Waals surface area contributed by atoms with Crippen LogP contribution in [0.3, 0.4) is 0 Å². The summed E-state index contributed by atoms with van der Waals surface area (Å²) < 4.78 is 6.65. The highest BCUT2D eigenvalue weighted by molar-refractivity contribution is 6.37. The quantitative estimate of drug-likeness (QED) is 0.391. The summed E-state index contributed by atoms with van der Waals surface area (Å²) in [6.07, 6.45) is 1.48. The predicted molar refractivity (Wildman–Crippen MR) is 126 cm³/mol. The van der Waals surface area contributed by atoms with E-state index in [4.69, 9.17) is 33.7 Å². The fourth-order valence-electron chi connectivity index (χ4n) is 3.99. The van der Waals surface area contributed by atoms with Crippen LogP contribution in [0, 0.1) is 0 Å².